The Hall–Kier alpha value is -1.53. The van der Waals surface area contributed by atoms with E-state index in [1.54, 1.807) is 0 Å². The molecule has 6 saturated carbocycles. The Morgan fingerprint density at radius 2 is 0.593 bits per heavy atom. The van der Waals surface area contributed by atoms with Gasteiger partial charge >= 0.3 is 0 Å². The van der Waals surface area contributed by atoms with Crippen molar-refractivity contribution in [3.8, 4) is 18.2 Å². The third-order valence-electron chi connectivity index (χ3n) is 17.5. The van der Waals surface area contributed by atoms with Crippen LogP contribution in [0.1, 0.15) is 265 Å². The van der Waals surface area contributed by atoms with Gasteiger partial charge in [0, 0.05) is 17.8 Å². The molecule has 6 rings (SSSR count). The maximum absolute atomic E-state index is 9.16. The molecule has 59 heavy (non-hydrogen) atoms. The molecular weight excluding hydrogens is 715 g/mol. The first-order chi connectivity index (χ1) is 29.0. The van der Waals surface area contributed by atoms with Gasteiger partial charge < -0.3 is 0 Å². The van der Waals surface area contributed by atoms with E-state index in [9.17, 15) is 0 Å². The van der Waals surface area contributed by atoms with Crippen molar-refractivity contribution in [1.82, 2.24) is 0 Å². The minimum absolute atomic E-state index is 0.375. The van der Waals surface area contributed by atoms with E-state index >= 15 is 0 Å². The molecule has 6 atom stereocenters. The van der Waals surface area contributed by atoms with Crippen molar-refractivity contribution in [2.24, 2.45) is 71.0 Å². The van der Waals surface area contributed by atoms with Crippen molar-refractivity contribution < 1.29 is 0 Å². The van der Waals surface area contributed by atoms with Crippen molar-refractivity contribution in [3.63, 3.8) is 0 Å². The molecule has 0 heterocycles. The standard InChI is InChI=1S/C20H35N.C19H33N.C17H29N/c1-2-3-4-5-6-8-17-11-13-19(14-12-17)20-10-7-9-18(15-20)16-21;1-2-3-4-5-7-16-10-12-18(13-11-16)19-9-6-8-17(14-19)15-20;1-2-3-5-14-8-10-16(11-9-14)17-7-4-6-15(12-17)13-18/h17-20H,2-15H2,1H3;16-19H,2-14H2,1H3;14-17H,2-12H2,1H3. The van der Waals surface area contributed by atoms with Crippen LogP contribution in [0.25, 0.3) is 0 Å². The molecule has 0 amide bonds. The van der Waals surface area contributed by atoms with Gasteiger partial charge in [0.2, 0.25) is 0 Å². The largest absolute Gasteiger partial charge is 0.198 e. The summed E-state index contributed by atoms with van der Waals surface area (Å²) in [5.74, 6) is 9.73. The Morgan fingerprint density at radius 1 is 0.305 bits per heavy atom. The highest BCUT2D eigenvalue weighted by Gasteiger charge is 2.34. The van der Waals surface area contributed by atoms with Crippen molar-refractivity contribution >= 4 is 0 Å². The van der Waals surface area contributed by atoms with Gasteiger partial charge in [-0.3, -0.25) is 0 Å². The van der Waals surface area contributed by atoms with Crippen molar-refractivity contribution in [2.45, 2.75) is 265 Å². The molecule has 0 aromatic heterocycles. The summed E-state index contributed by atoms with van der Waals surface area (Å²) >= 11 is 0. The summed E-state index contributed by atoms with van der Waals surface area (Å²) < 4.78 is 0. The monoisotopic (exact) mass is 812 g/mol. The second-order valence-electron chi connectivity index (χ2n) is 21.8. The fourth-order valence-corrected chi connectivity index (χ4v) is 13.6. The van der Waals surface area contributed by atoms with E-state index in [0.29, 0.717) is 17.8 Å². The summed E-state index contributed by atoms with van der Waals surface area (Å²) in [4.78, 5) is 0. The van der Waals surface area contributed by atoms with Crippen LogP contribution in [0.2, 0.25) is 0 Å². The quantitative estimate of drug-likeness (QED) is 0.137. The zero-order valence-corrected chi connectivity index (χ0v) is 39.6. The lowest BCUT2D eigenvalue weighted by Crippen LogP contribution is -2.26. The molecule has 6 aliphatic carbocycles. The number of rotatable bonds is 17. The summed E-state index contributed by atoms with van der Waals surface area (Å²) in [6.07, 6.45) is 52.9. The summed E-state index contributed by atoms with van der Waals surface area (Å²) in [5.41, 5.74) is 0. The van der Waals surface area contributed by atoms with Crippen molar-refractivity contribution in [3.05, 3.63) is 0 Å². The average Bonchev–Trinajstić information content (AvgIpc) is 3.30. The number of hydrogen-bond acceptors (Lipinski definition) is 3. The smallest absolute Gasteiger partial charge is 0.0655 e. The predicted octanol–water partition coefficient (Wildman–Crippen LogP) is 17.9. The average molecular weight is 812 g/mol. The summed E-state index contributed by atoms with van der Waals surface area (Å²) in [5, 5.41) is 27.4. The lowest BCUT2D eigenvalue weighted by molar-refractivity contribution is 0.149. The minimum Gasteiger partial charge on any atom is -0.198 e. The van der Waals surface area contributed by atoms with Crippen molar-refractivity contribution in [2.75, 3.05) is 0 Å². The summed E-state index contributed by atoms with van der Waals surface area (Å²) in [6.45, 7) is 6.89. The van der Waals surface area contributed by atoms with Crippen LogP contribution >= 0.6 is 0 Å². The lowest BCUT2D eigenvalue weighted by Gasteiger charge is -2.37. The van der Waals surface area contributed by atoms with Crippen LogP contribution in [0.4, 0.5) is 0 Å². The van der Waals surface area contributed by atoms with Crippen LogP contribution in [-0.2, 0) is 0 Å². The molecule has 0 N–H and O–H groups in total. The Labute approximate surface area is 368 Å². The molecule has 3 nitrogen and oxygen atoms in total. The van der Waals surface area contributed by atoms with Crippen LogP contribution in [0.15, 0.2) is 0 Å². The van der Waals surface area contributed by atoms with Gasteiger partial charge in [-0.1, -0.05) is 188 Å². The minimum atomic E-state index is 0.375. The zero-order valence-electron chi connectivity index (χ0n) is 39.6. The molecule has 0 aliphatic heterocycles. The first-order valence-corrected chi connectivity index (χ1v) is 27.2. The van der Waals surface area contributed by atoms with Gasteiger partial charge in [0.25, 0.3) is 0 Å². The number of nitriles is 3. The molecule has 0 aromatic carbocycles. The third-order valence-corrected chi connectivity index (χ3v) is 17.5. The SMILES string of the molecule is CCCCC1CCC(C2CCCC(C#N)C2)CC1.CCCCCCC1CCC(C2CCCC(C#N)C2)CC1.CCCCCCCC1CCC(C2CCCC(C#N)C2)CC1. The molecular formula is C56H97N3. The van der Waals surface area contributed by atoms with E-state index in [-0.39, 0.29) is 0 Å². The van der Waals surface area contributed by atoms with Gasteiger partial charge in [-0.25, -0.2) is 0 Å². The predicted molar refractivity (Wildman–Crippen MR) is 251 cm³/mol. The molecule has 0 saturated heterocycles. The van der Waals surface area contributed by atoms with Crippen LogP contribution in [0, 0.1) is 105 Å². The van der Waals surface area contributed by atoms with Crippen LogP contribution < -0.4 is 0 Å². The fraction of sp³-hybridized carbons (Fsp3) is 0.946. The highest BCUT2D eigenvalue weighted by atomic mass is 14.4. The molecule has 0 bridgehead atoms. The second kappa shape index (κ2) is 30.5. The molecule has 6 unspecified atom stereocenters. The normalized spacial score (nSPS) is 35.0. The fourth-order valence-electron chi connectivity index (χ4n) is 13.6. The van der Waals surface area contributed by atoms with E-state index in [4.69, 9.17) is 15.8 Å². The highest BCUT2D eigenvalue weighted by molar-refractivity contribution is 4.93. The first kappa shape index (κ1) is 50.1. The second-order valence-corrected chi connectivity index (χ2v) is 21.8. The first-order valence-electron chi connectivity index (χ1n) is 27.2. The molecule has 6 aliphatic rings. The van der Waals surface area contributed by atoms with Gasteiger partial charge in [0.05, 0.1) is 18.2 Å². The van der Waals surface area contributed by atoms with E-state index < -0.39 is 0 Å². The maximum Gasteiger partial charge on any atom is 0.0655 e. The highest BCUT2D eigenvalue weighted by Crippen LogP contribution is 2.45. The van der Waals surface area contributed by atoms with Gasteiger partial charge in [-0.15, -0.1) is 0 Å². The third kappa shape index (κ3) is 19.2. The van der Waals surface area contributed by atoms with Gasteiger partial charge in [-0.2, -0.15) is 15.8 Å². The van der Waals surface area contributed by atoms with Crippen molar-refractivity contribution in [1.29, 1.82) is 15.8 Å². The van der Waals surface area contributed by atoms with E-state index in [1.807, 2.05) is 0 Å². The molecule has 0 spiro atoms. The summed E-state index contributed by atoms with van der Waals surface area (Å²) in [6, 6.07) is 7.56. The van der Waals surface area contributed by atoms with E-state index in [0.717, 1.165) is 53.3 Å². The lowest BCUT2D eigenvalue weighted by atomic mass is 9.68. The van der Waals surface area contributed by atoms with Gasteiger partial charge in [0.15, 0.2) is 0 Å². The van der Waals surface area contributed by atoms with Gasteiger partial charge in [-0.05, 0) is 130 Å². The number of nitrogens with zero attached hydrogens (tertiary/aromatic N) is 3. The number of hydrogen-bond donors (Lipinski definition) is 0. The van der Waals surface area contributed by atoms with Crippen LogP contribution in [0.3, 0.4) is 0 Å². The Balaban J connectivity index is 0.000000196. The Bertz CT molecular complexity index is 1160. The zero-order chi connectivity index (χ0) is 41.9. The van der Waals surface area contributed by atoms with Crippen LogP contribution in [-0.4, -0.2) is 0 Å². The topological polar surface area (TPSA) is 71.4 Å². The van der Waals surface area contributed by atoms with E-state index in [1.165, 1.54) is 244 Å². The molecule has 0 aromatic rings. The summed E-state index contributed by atoms with van der Waals surface area (Å²) in [7, 11) is 0. The Morgan fingerprint density at radius 3 is 0.898 bits per heavy atom. The molecule has 336 valence electrons. The van der Waals surface area contributed by atoms with Crippen LogP contribution in [0.5, 0.6) is 0 Å². The molecule has 6 fully saturated rings. The molecule has 3 heteroatoms. The van der Waals surface area contributed by atoms with E-state index in [2.05, 4.69) is 39.0 Å². The van der Waals surface area contributed by atoms with Gasteiger partial charge in [0.1, 0.15) is 0 Å². The number of unbranched alkanes of at least 4 members (excludes halogenated alkanes) is 8. The molecule has 0 radical (unpaired) electrons. The maximum atomic E-state index is 9.16. The Kier molecular flexibility index (Phi) is 25.9.